The zero-order valence-corrected chi connectivity index (χ0v) is 16.1. The maximum atomic E-state index is 12.6. The van der Waals surface area contributed by atoms with Gasteiger partial charge in [0.25, 0.3) is 11.5 Å². The second kappa shape index (κ2) is 8.89. The predicted octanol–water partition coefficient (Wildman–Crippen LogP) is 3.98. The molecule has 0 aliphatic heterocycles. The molecule has 1 aromatic heterocycles. The number of nitrogens with one attached hydrogen (secondary N) is 1. The standard InChI is InChI=1S/C21H19F3N4O2/c1-2-3-12-28-20(30)17-7-5-4-6-16(17)18(27-28)19(29)26-25-13-14-8-10-15(11-9-14)21(22,23)24/h4-11,13H,2-3,12H2,1H3,(H,26,29)/b25-13-. The minimum atomic E-state index is -4.42. The van der Waals surface area contributed by atoms with Crippen LogP contribution in [-0.4, -0.2) is 21.9 Å². The molecule has 1 heterocycles. The first-order valence-electron chi connectivity index (χ1n) is 9.31. The van der Waals surface area contributed by atoms with Crippen LogP contribution in [0.15, 0.2) is 58.4 Å². The number of aryl methyl sites for hydroxylation is 1. The molecule has 6 nitrogen and oxygen atoms in total. The number of hydrogen-bond acceptors (Lipinski definition) is 4. The van der Waals surface area contributed by atoms with Crippen molar-refractivity contribution in [3.8, 4) is 0 Å². The van der Waals surface area contributed by atoms with E-state index in [0.717, 1.165) is 25.0 Å². The highest BCUT2D eigenvalue weighted by atomic mass is 19.4. The van der Waals surface area contributed by atoms with Crippen LogP contribution in [0.5, 0.6) is 0 Å². The quantitative estimate of drug-likeness (QED) is 0.488. The lowest BCUT2D eigenvalue weighted by Gasteiger charge is -2.09. The Labute approximate surface area is 170 Å². The molecular weight excluding hydrogens is 397 g/mol. The van der Waals surface area contributed by atoms with E-state index in [1.54, 1.807) is 24.3 Å². The molecule has 156 valence electrons. The van der Waals surface area contributed by atoms with E-state index in [-0.39, 0.29) is 11.3 Å². The van der Waals surface area contributed by atoms with E-state index in [1.807, 2.05) is 6.92 Å². The average Bonchev–Trinajstić information content (AvgIpc) is 2.73. The minimum Gasteiger partial charge on any atom is -0.267 e. The van der Waals surface area contributed by atoms with E-state index < -0.39 is 17.6 Å². The van der Waals surface area contributed by atoms with Gasteiger partial charge in [-0.2, -0.15) is 23.4 Å². The Morgan fingerprint density at radius 3 is 2.43 bits per heavy atom. The summed E-state index contributed by atoms with van der Waals surface area (Å²) in [6.45, 7) is 2.37. The first-order chi connectivity index (χ1) is 14.3. The highest BCUT2D eigenvalue weighted by Gasteiger charge is 2.29. The van der Waals surface area contributed by atoms with Crippen molar-refractivity contribution in [1.82, 2.24) is 15.2 Å². The van der Waals surface area contributed by atoms with Crippen molar-refractivity contribution < 1.29 is 18.0 Å². The first-order valence-corrected chi connectivity index (χ1v) is 9.31. The Bertz CT molecular complexity index is 1140. The lowest BCUT2D eigenvalue weighted by atomic mass is 10.1. The van der Waals surface area contributed by atoms with Gasteiger partial charge >= 0.3 is 6.18 Å². The number of alkyl halides is 3. The van der Waals surface area contributed by atoms with E-state index in [9.17, 15) is 22.8 Å². The smallest absolute Gasteiger partial charge is 0.267 e. The summed E-state index contributed by atoms with van der Waals surface area (Å²) in [5.41, 5.74) is 1.70. The number of benzene rings is 2. The third-order valence-corrected chi connectivity index (χ3v) is 4.42. The van der Waals surface area contributed by atoms with Gasteiger partial charge in [0.1, 0.15) is 0 Å². The fourth-order valence-corrected chi connectivity index (χ4v) is 2.84. The molecule has 0 saturated carbocycles. The number of carbonyl (C=O) groups excluding carboxylic acids is 1. The summed E-state index contributed by atoms with van der Waals surface area (Å²) < 4.78 is 39.1. The normalized spacial score (nSPS) is 11.9. The summed E-state index contributed by atoms with van der Waals surface area (Å²) in [5, 5.41) is 8.77. The molecule has 2 aromatic carbocycles. The highest BCUT2D eigenvalue weighted by Crippen LogP contribution is 2.28. The fourth-order valence-electron chi connectivity index (χ4n) is 2.84. The SMILES string of the molecule is CCCCn1nc(C(=O)N/N=C\c2ccc(C(F)(F)F)cc2)c2ccccc2c1=O. The van der Waals surface area contributed by atoms with Gasteiger partial charge in [0.15, 0.2) is 5.69 Å². The number of amides is 1. The van der Waals surface area contributed by atoms with E-state index in [2.05, 4.69) is 15.6 Å². The molecule has 0 aliphatic rings. The molecule has 0 radical (unpaired) electrons. The van der Waals surface area contributed by atoms with Gasteiger partial charge in [-0.25, -0.2) is 10.1 Å². The molecule has 0 bridgehead atoms. The molecule has 0 atom stereocenters. The van der Waals surface area contributed by atoms with Gasteiger partial charge < -0.3 is 0 Å². The van der Waals surface area contributed by atoms with Gasteiger partial charge in [0.05, 0.1) is 17.2 Å². The van der Waals surface area contributed by atoms with E-state index in [0.29, 0.717) is 22.9 Å². The number of fused-ring (bicyclic) bond motifs is 1. The Balaban J connectivity index is 1.83. The molecule has 30 heavy (non-hydrogen) atoms. The van der Waals surface area contributed by atoms with Crippen LogP contribution in [0.25, 0.3) is 10.8 Å². The Morgan fingerprint density at radius 2 is 1.80 bits per heavy atom. The number of aromatic nitrogens is 2. The molecule has 0 unspecified atom stereocenters. The van der Waals surface area contributed by atoms with Crippen molar-refractivity contribution in [2.75, 3.05) is 0 Å². The van der Waals surface area contributed by atoms with Crippen molar-refractivity contribution in [2.45, 2.75) is 32.5 Å². The predicted molar refractivity (Wildman–Crippen MR) is 107 cm³/mol. The van der Waals surface area contributed by atoms with Gasteiger partial charge in [-0.05, 0) is 30.2 Å². The van der Waals surface area contributed by atoms with Gasteiger partial charge in [-0.15, -0.1) is 0 Å². The van der Waals surface area contributed by atoms with Crippen molar-refractivity contribution in [1.29, 1.82) is 0 Å². The number of hydrogen-bond donors (Lipinski definition) is 1. The molecule has 0 saturated heterocycles. The molecule has 1 N–H and O–H groups in total. The van der Waals surface area contributed by atoms with E-state index >= 15 is 0 Å². The van der Waals surface area contributed by atoms with Crippen molar-refractivity contribution in [3.05, 3.63) is 75.7 Å². The lowest BCUT2D eigenvalue weighted by molar-refractivity contribution is -0.137. The van der Waals surface area contributed by atoms with Crippen LogP contribution in [0.1, 0.15) is 41.4 Å². The first kappa shape index (κ1) is 21.2. The van der Waals surface area contributed by atoms with Crippen LogP contribution in [0.3, 0.4) is 0 Å². The van der Waals surface area contributed by atoms with Crippen LogP contribution in [0.4, 0.5) is 13.2 Å². The largest absolute Gasteiger partial charge is 0.416 e. The third kappa shape index (κ3) is 4.73. The number of unbranched alkanes of at least 4 members (excludes halogenated alkanes) is 1. The van der Waals surface area contributed by atoms with Crippen LogP contribution >= 0.6 is 0 Å². The minimum absolute atomic E-state index is 0.0471. The zero-order valence-electron chi connectivity index (χ0n) is 16.1. The average molecular weight is 416 g/mol. The van der Waals surface area contributed by atoms with Crippen LogP contribution in [-0.2, 0) is 12.7 Å². The highest BCUT2D eigenvalue weighted by molar-refractivity contribution is 6.04. The maximum absolute atomic E-state index is 12.6. The summed E-state index contributed by atoms with van der Waals surface area (Å²) in [4.78, 5) is 25.2. The molecular formula is C21H19F3N4O2. The topological polar surface area (TPSA) is 76.3 Å². The summed E-state index contributed by atoms with van der Waals surface area (Å²) in [5.74, 6) is -0.625. The van der Waals surface area contributed by atoms with Crippen LogP contribution in [0.2, 0.25) is 0 Å². The second-order valence-electron chi connectivity index (χ2n) is 6.59. The summed E-state index contributed by atoms with van der Waals surface area (Å²) in [6.07, 6.45) is -1.59. The van der Waals surface area contributed by atoms with E-state index in [4.69, 9.17) is 0 Å². The third-order valence-electron chi connectivity index (χ3n) is 4.42. The summed E-state index contributed by atoms with van der Waals surface area (Å²) >= 11 is 0. The van der Waals surface area contributed by atoms with Crippen molar-refractivity contribution in [2.24, 2.45) is 5.10 Å². The second-order valence-corrected chi connectivity index (χ2v) is 6.59. The van der Waals surface area contributed by atoms with Crippen LogP contribution in [0, 0.1) is 0 Å². The Hall–Kier alpha value is -3.49. The lowest BCUT2D eigenvalue weighted by Crippen LogP contribution is -2.29. The summed E-state index contributed by atoms with van der Waals surface area (Å²) in [6, 6.07) is 11.0. The molecule has 0 aliphatic carbocycles. The number of rotatable bonds is 6. The Morgan fingerprint density at radius 1 is 1.13 bits per heavy atom. The number of hydrazone groups is 1. The Kier molecular flexibility index (Phi) is 6.29. The molecule has 9 heteroatoms. The van der Waals surface area contributed by atoms with Crippen molar-refractivity contribution >= 4 is 22.9 Å². The van der Waals surface area contributed by atoms with Gasteiger partial charge in [-0.1, -0.05) is 43.7 Å². The molecule has 0 spiro atoms. The van der Waals surface area contributed by atoms with E-state index in [1.165, 1.54) is 23.0 Å². The van der Waals surface area contributed by atoms with Crippen molar-refractivity contribution in [3.63, 3.8) is 0 Å². The summed E-state index contributed by atoms with van der Waals surface area (Å²) in [7, 11) is 0. The zero-order chi connectivity index (χ0) is 21.7. The monoisotopic (exact) mass is 416 g/mol. The maximum Gasteiger partial charge on any atom is 0.416 e. The molecule has 3 rings (SSSR count). The fraction of sp³-hybridized carbons (Fsp3) is 0.238. The number of halogens is 3. The van der Waals surface area contributed by atoms with Gasteiger partial charge in [0.2, 0.25) is 0 Å². The van der Waals surface area contributed by atoms with Gasteiger partial charge in [0, 0.05) is 11.9 Å². The molecule has 1 amide bonds. The number of carbonyl (C=O) groups is 1. The molecule has 0 fully saturated rings. The van der Waals surface area contributed by atoms with Crippen LogP contribution < -0.4 is 11.0 Å². The number of nitrogens with zero attached hydrogens (tertiary/aromatic N) is 3. The van der Waals surface area contributed by atoms with Gasteiger partial charge in [-0.3, -0.25) is 9.59 Å². The molecule has 3 aromatic rings.